The predicted molar refractivity (Wildman–Crippen MR) is 88.2 cm³/mol. The highest BCUT2D eigenvalue weighted by Gasteiger charge is 2.51. The lowest BCUT2D eigenvalue weighted by Crippen LogP contribution is -2.50. The van der Waals surface area contributed by atoms with Crippen LogP contribution in [-0.2, 0) is 19.6 Å². The monoisotopic (exact) mass is 341 g/mol. The van der Waals surface area contributed by atoms with Crippen LogP contribution < -0.4 is 0 Å². The van der Waals surface area contributed by atoms with Crippen LogP contribution >= 0.6 is 0 Å². The van der Waals surface area contributed by atoms with Gasteiger partial charge in [0.15, 0.2) is 0 Å². The minimum absolute atomic E-state index is 0.306. The molecule has 2 bridgehead atoms. The summed E-state index contributed by atoms with van der Waals surface area (Å²) in [6, 6.07) is -0.648. The van der Waals surface area contributed by atoms with Crippen LogP contribution in [0.5, 0.6) is 0 Å². The Hall–Kier alpha value is -0.880. The van der Waals surface area contributed by atoms with E-state index in [0.717, 1.165) is 25.2 Å². The molecule has 6 heteroatoms. The number of carbonyl (C=O) groups excluding carboxylic acids is 1. The Balaban J connectivity index is 1.62. The molecule has 4 rings (SSSR count). The molecule has 1 saturated carbocycles. The second-order valence-electron chi connectivity index (χ2n) is 7.81. The van der Waals surface area contributed by atoms with Crippen molar-refractivity contribution in [2.45, 2.75) is 52.0 Å². The Morgan fingerprint density at radius 3 is 2.74 bits per heavy atom. The summed E-state index contributed by atoms with van der Waals surface area (Å²) in [5, 5.41) is 0. The Bertz CT molecular complexity index is 623. The van der Waals surface area contributed by atoms with E-state index in [1.807, 2.05) is 0 Å². The van der Waals surface area contributed by atoms with Crippen molar-refractivity contribution in [1.29, 1.82) is 0 Å². The normalized spacial score (nSPS) is 33.5. The first-order valence-electron chi connectivity index (χ1n) is 8.53. The predicted octanol–water partition coefficient (Wildman–Crippen LogP) is 2.34. The summed E-state index contributed by atoms with van der Waals surface area (Å²) in [4.78, 5) is 12.4. The summed E-state index contributed by atoms with van der Waals surface area (Å²) >= 11 is 0. The third-order valence-corrected chi connectivity index (χ3v) is 7.40. The third kappa shape index (κ3) is 3.07. The van der Waals surface area contributed by atoms with Crippen LogP contribution in [0.3, 0.4) is 0 Å². The van der Waals surface area contributed by atoms with E-state index < -0.39 is 22.0 Å². The quantitative estimate of drug-likeness (QED) is 0.581. The van der Waals surface area contributed by atoms with Gasteiger partial charge in [0.2, 0.25) is 10.0 Å². The van der Waals surface area contributed by atoms with E-state index in [1.165, 1.54) is 22.6 Å². The molecule has 130 valence electrons. The first-order chi connectivity index (χ1) is 10.7. The standard InChI is InChI=1S/C17H27NO4S/c1-17(2)13-8-7-12(14(17)10-13)11-22-16(19)15-6-4-5-9-18(15)23(3,20)21/h7,13-15H,4-6,8-11H2,1-3H3/t13-,14-,15?/m1/s1. The van der Waals surface area contributed by atoms with Crippen molar-refractivity contribution in [2.24, 2.45) is 17.3 Å². The molecule has 0 aromatic heterocycles. The van der Waals surface area contributed by atoms with Crippen LogP contribution in [0, 0.1) is 17.3 Å². The van der Waals surface area contributed by atoms with E-state index in [0.29, 0.717) is 30.9 Å². The van der Waals surface area contributed by atoms with E-state index in [9.17, 15) is 13.2 Å². The largest absolute Gasteiger partial charge is 0.460 e. The number of piperidine rings is 1. The summed E-state index contributed by atoms with van der Waals surface area (Å²) in [5.41, 5.74) is 1.52. The Kier molecular flexibility index (Phi) is 4.34. The summed E-state index contributed by atoms with van der Waals surface area (Å²) in [6.07, 6.45) is 7.86. The number of sulfonamides is 1. The van der Waals surface area contributed by atoms with Gasteiger partial charge in [-0.1, -0.05) is 19.9 Å². The molecule has 0 aromatic rings. The van der Waals surface area contributed by atoms with E-state index in [2.05, 4.69) is 19.9 Å². The molecule has 2 fully saturated rings. The molecule has 23 heavy (non-hydrogen) atoms. The number of rotatable bonds is 4. The number of hydrogen-bond acceptors (Lipinski definition) is 4. The maximum absolute atomic E-state index is 12.4. The second-order valence-corrected chi connectivity index (χ2v) is 9.75. The van der Waals surface area contributed by atoms with Crippen LogP contribution in [0.2, 0.25) is 0 Å². The number of nitrogens with zero attached hydrogens (tertiary/aromatic N) is 1. The number of fused-ring (bicyclic) bond motifs is 1. The molecule has 3 atom stereocenters. The first-order valence-corrected chi connectivity index (χ1v) is 10.4. The fourth-order valence-electron chi connectivity index (χ4n) is 4.43. The number of ether oxygens (including phenoxy) is 1. The maximum atomic E-state index is 12.4. The van der Waals surface area contributed by atoms with Crippen molar-refractivity contribution < 1.29 is 17.9 Å². The zero-order valence-corrected chi connectivity index (χ0v) is 15.1. The van der Waals surface area contributed by atoms with Crippen molar-refractivity contribution >= 4 is 16.0 Å². The van der Waals surface area contributed by atoms with Crippen molar-refractivity contribution in [1.82, 2.24) is 4.31 Å². The zero-order chi connectivity index (χ0) is 16.8. The third-order valence-electron chi connectivity index (χ3n) is 6.12. The molecule has 0 aromatic carbocycles. The molecule has 1 saturated heterocycles. The van der Waals surface area contributed by atoms with Crippen molar-refractivity contribution in [2.75, 3.05) is 19.4 Å². The lowest BCUT2D eigenvalue weighted by Gasteiger charge is -2.56. The zero-order valence-electron chi connectivity index (χ0n) is 14.2. The second kappa shape index (κ2) is 5.88. The Labute approximate surface area is 139 Å². The van der Waals surface area contributed by atoms with Gasteiger partial charge in [-0.05, 0) is 54.9 Å². The molecule has 0 spiro atoms. The van der Waals surface area contributed by atoms with E-state index >= 15 is 0 Å². The molecule has 1 unspecified atom stereocenters. The first kappa shape index (κ1) is 17.0. The maximum Gasteiger partial charge on any atom is 0.324 e. The van der Waals surface area contributed by atoms with Crippen LogP contribution in [0.1, 0.15) is 46.0 Å². The summed E-state index contributed by atoms with van der Waals surface area (Å²) < 4.78 is 30.5. The van der Waals surface area contributed by atoms with Gasteiger partial charge in [-0.25, -0.2) is 8.42 Å². The molecule has 1 aliphatic heterocycles. The number of carbonyl (C=O) groups is 1. The average Bonchev–Trinajstić information content (AvgIpc) is 2.51. The molecular weight excluding hydrogens is 314 g/mol. The number of hydrogen-bond donors (Lipinski definition) is 0. The Morgan fingerprint density at radius 1 is 1.39 bits per heavy atom. The smallest absolute Gasteiger partial charge is 0.324 e. The molecular formula is C17H27NO4S. The van der Waals surface area contributed by atoms with E-state index in [-0.39, 0.29) is 0 Å². The van der Waals surface area contributed by atoms with Gasteiger partial charge in [-0.15, -0.1) is 0 Å². The minimum Gasteiger partial charge on any atom is -0.460 e. The van der Waals surface area contributed by atoms with Gasteiger partial charge in [0.25, 0.3) is 0 Å². The van der Waals surface area contributed by atoms with Gasteiger partial charge in [0.1, 0.15) is 12.6 Å². The Morgan fingerprint density at radius 2 is 2.13 bits per heavy atom. The van der Waals surface area contributed by atoms with Gasteiger partial charge in [-0.2, -0.15) is 4.31 Å². The molecule has 0 N–H and O–H groups in total. The minimum atomic E-state index is -3.37. The highest BCUT2D eigenvalue weighted by molar-refractivity contribution is 7.88. The topological polar surface area (TPSA) is 63.7 Å². The van der Waals surface area contributed by atoms with Gasteiger partial charge in [0.05, 0.1) is 6.26 Å². The number of allylic oxidation sites excluding steroid dienone is 1. The summed E-state index contributed by atoms with van der Waals surface area (Å²) in [5.74, 6) is 0.868. The van der Waals surface area contributed by atoms with E-state index in [1.54, 1.807) is 0 Å². The SMILES string of the molecule is CC1(C)[C@@H]2CC=C(COC(=O)C3CCCCN3S(C)(=O)=O)[C@H]1C2. The van der Waals surface area contributed by atoms with Crippen molar-refractivity contribution in [3.8, 4) is 0 Å². The van der Waals surface area contributed by atoms with Gasteiger partial charge < -0.3 is 4.74 Å². The van der Waals surface area contributed by atoms with Crippen molar-refractivity contribution in [3.05, 3.63) is 11.6 Å². The van der Waals surface area contributed by atoms with Gasteiger partial charge >= 0.3 is 5.97 Å². The van der Waals surface area contributed by atoms with Crippen LogP contribution in [0.15, 0.2) is 11.6 Å². The van der Waals surface area contributed by atoms with Crippen molar-refractivity contribution in [3.63, 3.8) is 0 Å². The van der Waals surface area contributed by atoms with Gasteiger partial charge in [0, 0.05) is 6.54 Å². The molecule has 5 nitrogen and oxygen atoms in total. The molecule has 4 aliphatic rings. The van der Waals surface area contributed by atoms with Crippen LogP contribution in [-0.4, -0.2) is 44.1 Å². The molecule has 3 aliphatic carbocycles. The summed E-state index contributed by atoms with van der Waals surface area (Å²) in [6.45, 7) is 5.30. The fourth-order valence-corrected chi connectivity index (χ4v) is 5.54. The highest BCUT2D eigenvalue weighted by atomic mass is 32.2. The average molecular weight is 341 g/mol. The lowest BCUT2D eigenvalue weighted by molar-refractivity contribution is -0.149. The van der Waals surface area contributed by atoms with Gasteiger partial charge in [-0.3, -0.25) is 4.79 Å². The van der Waals surface area contributed by atoms with E-state index in [4.69, 9.17) is 4.74 Å². The van der Waals surface area contributed by atoms with Crippen LogP contribution in [0.25, 0.3) is 0 Å². The molecule has 0 radical (unpaired) electrons. The fraction of sp³-hybridized carbons (Fsp3) is 0.824. The lowest BCUT2D eigenvalue weighted by atomic mass is 9.49. The highest BCUT2D eigenvalue weighted by Crippen LogP contribution is 2.59. The molecule has 0 amide bonds. The molecule has 1 heterocycles. The summed E-state index contributed by atoms with van der Waals surface area (Å²) in [7, 11) is -3.37. The van der Waals surface area contributed by atoms with Crippen LogP contribution in [0.4, 0.5) is 0 Å². The number of esters is 1.